The number of hydrogen-bond donors (Lipinski definition) is 2. The molecule has 1 aliphatic rings. The topological polar surface area (TPSA) is 72.2 Å². The number of halogens is 2. The Morgan fingerprint density at radius 3 is 2.74 bits per heavy atom. The molecule has 0 unspecified atom stereocenters. The first kappa shape index (κ1) is 16.5. The Kier molecular flexibility index (Phi) is 4.75. The summed E-state index contributed by atoms with van der Waals surface area (Å²) in [5.74, 6) is -0.850. The number of nitrogens with one attached hydrogen (secondary N) is 1. The summed E-state index contributed by atoms with van der Waals surface area (Å²) >= 11 is 10.9. The van der Waals surface area contributed by atoms with Gasteiger partial charge in [-0.15, -0.1) is 11.3 Å². The van der Waals surface area contributed by atoms with Gasteiger partial charge in [0.2, 0.25) is 0 Å². The lowest BCUT2D eigenvalue weighted by Gasteiger charge is -2.11. The van der Waals surface area contributed by atoms with E-state index in [1.54, 1.807) is 18.2 Å². The van der Waals surface area contributed by atoms with E-state index in [0.29, 0.717) is 21.2 Å². The maximum absolute atomic E-state index is 12.5. The van der Waals surface area contributed by atoms with Crippen LogP contribution in [0, 0.1) is 0 Å². The van der Waals surface area contributed by atoms with Crippen LogP contribution in [0.3, 0.4) is 0 Å². The van der Waals surface area contributed by atoms with E-state index in [9.17, 15) is 9.59 Å². The fourth-order valence-corrected chi connectivity index (χ4v) is 4.61. The Hall–Kier alpha value is -1.37. The van der Waals surface area contributed by atoms with Gasteiger partial charge in [-0.3, -0.25) is 9.59 Å². The fourth-order valence-electron chi connectivity index (χ4n) is 2.76. The molecule has 23 heavy (non-hydrogen) atoms. The van der Waals surface area contributed by atoms with Crippen molar-refractivity contribution in [1.29, 1.82) is 0 Å². The van der Waals surface area contributed by atoms with Crippen LogP contribution in [0.15, 0.2) is 22.7 Å². The first-order valence-corrected chi connectivity index (χ1v) is 9.17. The lowest BCUT2D eigenvalue weighted by Crippen LogP contribution is -2.18. The molecule has 2 amide bonds. The second kappa shape index (κ2) is 6.63. The molecule has 3 rings (SSSR count). The SMILES string of the molecule is NC(=O)c1c(NC(=O)c2cc(Br)ccc2Cl)sc2c1CCCC2. The Morgan fingerprint density at radius 1 is 1.26 bits per heavy atom. The van der Waals surface area contributed by atoms with Crippen LogP contribution in [0.1, 0.15) is 44.0 Å². The number of thiophene rings is 1. The number of fused-ring (bicyclic) bond motifs is 1. The predicted molar refractivity (Wildman–Crippen MR) is 96.6 cm³/mol. The first-order chi connectivity index (χ1) is 11.0. The summed E-state index contributed by atoms with van der Waals surface area (Å²) in [6.07, 6.45) is 3.89. The second-order valence-corrected chi connectivity index (χ2v) is 7.79. The molecule has 1 aliphatic carbocycles. The molecule has 0 saturated carbocycles. The third kappa shape index (κ3) is 3.29. The van der Waals surface area contributed by atoms with Crippen molar-refractivity contribution in [3.63, 3.8) is 0 Å². The minimum atomic E-state index is -0.500. The predicted octanol–water partition coefficient (Wildman–Crippen LogP) is 4.39. The van der Waals surface area contributed by atoms with Gasteiger partial charge in [-0.25, -0.2) is 0 Å². The third-order valence-electron chi connectivity index (χ3n) is 3.82. The molecule has 1 aromatic heterocycles. The van der Waals surface area contributed by atoms with Crippen LogP contribution < -0.4 is 11.1 Å². The standard InChI is InChI=1S/C16H14BrClN2O2S/c17-8-5-6-11(18)10(7-8)15(22)20-16-13(14(19)21)9-3-1-2-4-12(9)23-16/h5-7H,1-4H2,(H2,19,21)(H,20,22). The highest BCUT2D eigenvalue weighted by Gasteiger charge is 2.25. The monoisotopic (exact) mass is 412 g/mol. The number of nitrogens with two attached hydrogens (primary N) is 1. The molecule has 0 atom stereocenters. The van der Waals surface area contributed by atoms with E-state index >= 15 is 0 Å². The number of primary amides is 1. The van der Waals surface area contributed by atoms with Crippen LogP contribution >= 0.6 is 38.9 Å². The summed E-state index contributed by atoms with van der Waals surface area (Å²) in [6.45, 7) is 0. The van der Waals surface area contributed by atoms with Crippen LogP contribution in [0.25, 0.3) is 0 Å². The molecular formula is C16H14BrClN2O2S. The molecular weight excluding hydrogens is 400 g/mol. The average molecular weight is 414 g/mol. The van der Waals surface area contributed by atoms with Gasteiger partial charge in [-0.2, -0.15) is 0 Å². The van der Waals surface area contributed by atoms with E-state index in [2.05, 4.69) is 21.2 Å². The molecule has 120 valence electrons. The van der Waals surface area contributed by atoms with Crippen molar-refractivity contribution in [2.24, 2.45) is 5.73 Å². The summed E-state index contributed by atoms with van der Waals surface area (Å²) in [5, 5.41) is 3.68. The number of hydrogen-bond acceptors (Lipinski definition) is 3. The van der Waals surface area contributed by atoms with E-state index < -0.39 is 5.91 Å². The van der Waals surface area contributed by atoms with Gasteiger partial charge in [0.25, 0.3) is 11.8 Å². The first-order valence-electron chi connectivity index (χ1n) is 7.18. The van der Waals surface area contributed by atoms with Gasteiger partial charge in [-0.05, 0) is 49.4 Å². The van der Waals surface area contributed by atoms with Crippen molar-refractivity contribution in [1.82, 2.24) is 0 Å². The molecule has 0 spiro atoms. The molecule has 0 bridgehead atoms. The Labute approximate surface area is 151 Å². The zero-order valence-corrected chi connectivity index (χ0v) is 15.3. The normalized spacial score (nSPS) is 13.5. The number of rotatable bonds is 3. The molecule has 0 fully saturated rings. The zero-order chi connectivity index (χ0) is 16.6. The summed E-state index contributed by atoms with van der Waals surface area (Å²) in [4.78, 5) is 25.5. The molecule has 1 heterocycles. The van der Waals surface area contributed by atoms with Gasteiger partial charge in [0.15, 0.2) is 0 Å². The van der Waals surface area contributed by atoms with E-state index in [-0.39, 0.29) is 5.91 Å². The number of amides is 2. The largest absolute Gasteiger partial charge is 0.365 e. The molecule has 3 N–H and O–H groups in total. The van der Waals surface area contributed by atoms with Crippen molar-refractivity contribution in [2.75, 3.05) is 5.32 Å². The van der Waals surface area contributed by atoms with E-state index in [1.165, 1.54) is 11.3 Å². The second-order valence-electron chi connectivity index (χ2n) is 5.36. The van der Waals surface area contributed by atoms with Crippen molar-refractivity contribution < 1.29 is 9.59 Å². The van der Waals surface area contributed by atoms with E-state index in [0.717, 1.165) is 40.6 Å². The maximum Gasteiger partial charge on any atom is 0.257 e. The summed E-state index contributed by atoms with van der Waals surface area (Å²) in [6, 6.07) is 5.06. The minimum Gasteiger partial charge on any atom is -0.365 e. The van der Waals surface area contributed by atoms with Crippen LogP contribution in [0.2, 0.25) is 5.02 Å². The van der Waals surface area contributed by atoms with Gasteiger partial charge in [-0.1, -0.05) is 27.5 Å². The highest BCUT2D eigenvalue weighted by atomic mass is 79.9. The van der Waals surface area contributed by atoms with E-state index in [1.807, 2.05) is 0 Å². The molecule has 0 aliphatic heterocycles. The van der Waals surface area contributed by atoms with Gasteiger partial charge in [0.05, 0.1) is 16.1 Å². The fraction of sp³-hybridized carbons (Fsp3) is 0.250. The summed E-state index contributed by atoms with van der Waals surface area (Å²) in [5.41, 5.74) is 7.32. The number of carbonyl (C=O) groups excluding carboxylic acids is 2. The number of aryl methyl sites for hydroxylation is 1. The Balaban J connectivity index is 1.96. The van der Waals surface area contributed by atoms with Crippen LogP contribution in [0.5, 0.6) is 0 Å². The van der Waals surface area contributed by atoms with Gasteiger partial charge < -0.3 is 11.1 Å². The molecule has 0 radical (unpaired) electrons. The molecule has 0 saturated heterocycles. The van der Waals surface area contributed by atoms with Crippen LogP contribution in [-0.4, -0.2) is 11.8 Å². The lowest BCUT2D eigenvalue weighted by molar-refractivity contribution is 0.100. The van der Waals surface area contributed by atoms with Gasteiger partial charge in [0, 0.05) is 9.35 Å². The number of anilines is 1. The highest BCUT2D eigenvalue weighted by Crippen LogP contribution is 2.38. The highest BCUT2D eigenvalue weighted by molar-refractivity contribution is 9.10. The zero-order valence-electron chi connectivity index (χ0n) is 12.1. The Bertz CT molecular complexity index is 804. The lowest BCUT2D eigenvalue weighted by atomic mass is 9.95. The third-order valence-corrected chi connectivity index (χ3v) is 5.85. The quantitative estimate of drug-likeness (QED) is 0.783. The van der Waals surface area contributed by atoms with Gasteiger partial charge in [0.1, 0.15) is 5.00 Å². The van der Waals surface area contributed by atoms with E-state index in [4.69, 9.17) is 17.3 Å². The minimum absolute atomic E-state index is 0.350. The number of benzene rings is 1. The van der Waals surface area contributed by atoms with Crippen molar-refractivity contribution in [3.8, 4) is 0 Å². The number of carbonyl (C=O) groups is 2. The smallest absolute Gasteiger partial charge is 0.257 e. The van der Waals surface area contributed by atoms with Crippen molar-refractivity contribution in [2.45, 2.75) is 25.7 Å². The van der Waals surface area contributed by atoms with Crippen LogP contribution in [0.4, 0.5) is 5.00 Å². The van der Waals surface area contributed by atoms with Gasteiger partial charge >= 0.3 is 0 Å². The van der Waals surface area contributed by atoms with Crippen molar-refractivity contribution >= 4 is 55.7 Å². The molecule has 7 heteroatoms. The molecule has 2 aromatic rings. The average Bonchev–Trinajstić information content (AvgIpc) is 2.87. The maximum atomic E-state index is 12.5. The Morgan fingerprint density at radius 2 is 2.00 bits per heavy atom. The molecule has 4 nitrogen and oxygen atoms in total. The summed E-state index contributed by atoms with van der Waals surface area (Å²) < 4.78 is 0.757. The van der Waals surface area contributed by atoms with Crippen molar-refractivity contribution in [3.05, 3.63) is 49.3 Å². The van der Waals surface area contributed by atoms with Crippen LogP contribution in [-0.2, 0) is 12.8 Å². The molecule has 1 aromatic carbocycles. The summed E-state index contributed by atoms with van der Waals surface area (Å²) in [7, 11) is 0.